The van der Waals surface area contributed by atoms with Gasteiger partial charge in [-0.15, -0.1) is 0 Å². The fourth-order valence-electron chi connectivity index (χ4n) is 2.66. The van der Waals surface area contributed by atoms with E-state index in [1.54, 1.807) is 0 Å². The summed E-state index contributed by atoms with van der Waals surface area (Å²) in [5.74, 6) is -1.61. The van der Waals surface area contributed by atoms with Gasteiger partial charge in [0.2, 0.25) is 5.91 Å². The summed E-state index contributed by atoms with van der Waals surface area (Å²) in [6.45, 7) is 0. The van der Waals surface area contributed by atoms with E-state index in [4.69, 9.17) is 5.73 Å². The molecule has 2 rings (SSSR count). The molecule has 2 aliphatic rings. The Morgan fingerprint density at radius 2 is 1.65 bits per heavy atom. The summed E-state index contributed by atoms with van der Waals surface area (Å²) >= 11 is 0. The molecule has 2 aliphatic carbocycles. The molecule has 2 fully saturated rings. The van der Waals surface area contributed by atoms with E-state index in [9.17, 15) is 22.8 Å². The van der Waals surface area contributed by atoms with Crippen molar-refractivity contribution in [3.8, 4) is 0 Å². The zero-order valence-corrected chi connectivity index (χ0v) is 10.9. The number of urea groups is 1. The minimum absolute atomic E-state index is 0.0324. The molecule has 0 bridgehead atoms. The van der Waals surface area contributed by atoms with E-state index in [2.05, 4.69) is 10.6 Å². The third-order valence-electron chi connectivity index (χ3n) is 4.07. The maximum atomic E-state index is 12.5. The molecule has 5 nitrogen and oxygen atoms in total. The van der Waals surface area contributed by atoms with Crippen molar-refractivity contribution in [1.82, 2.24) is 10.6 Å². The second kappa shape index (κ2) is 5.14. The van der Waals surface area contributed by atoms with Gasteiger partial charge in [0.15, 0.2) is 0 Å². The quantitative estimate of drug-likeness (QED) is 0.735. The first kappa shape index (κ1) is 14.9. The molecule has 0 heterocycles. The number of nitrogens with two attached hydrogens (primary N) is 1. The Labute approximate surface area is 114 Å². The van der Waals surface area contributed by atoms with Crippen LogP contribution in [0.5, 0.6) is 0 Å². The average molecular weight is 293 g/mol. The van der Waals surface area contributed by atoms with Gasteiger partial charge in [0.1, 0.15) is 5.54 Å². The molecule has 0 aromatic heterocycles. The largest absolute Gasteiger partial charge is 0.391 e. The molecule has 0 aliphatic heterocycles. The predicted molar refractivity (Wildman–Crippen MR) is 64.6 cm³/mol. The Morgan fingerprint density at radius 1 is 1.10 bits per heavy atom. The lowest BCUT2D eigenvalue weighted by Crippen LogP contribution is -2.53. The Bertz CT molecular complexity index is 399. The van der Waals surface area contributed by atoms with E-state index >= 15 is 0 Å². The van der Waals surface area contributed by atoms with Gasteiger partial charge in [-0.1, -0.05) is 0 Å². The summed E-state index contributed by atoms with van der Waals surface area (Å²) in [5.41, 5.74) is 4.06. The first-order valence-electron chi connectivity index (χ1n) is 6.68. The minimum atomic E-state index is -4.15. The van der Waals surface area contributed by atoms with Crippen molar-refractivity contribution < 1.29 is 22.8 Å². The standard InChI is InChI=1S/C12H18F3N3O2/c13-12(14,15)7-1-3-8(4-2-7)17-9(19)11(5-6-11)18-10(16)20/h7-8H,1-6H2,(H,17,19)(H3,16,18,20). The monoisotopic (exact) mass is 293 g/mol. The van der Waals surface area contributed by atoms with Crippen molar-refractivity contribution >= 4 is 11.9 Å². The van der Waals surface area contributed by atoms with Crippen LogP contribution in [0.15, 0.2) is 0 Å². The van der Waals surface area contributed by atoms with E-state index in [1.165, 1.54) is 0 Å². The molecule has 0 unspecified atom stereocenters. The molecule has 0 atom stereocenters. The average Bonchev–Trinajstić information content (AvgIpc) is 3.08. The maximum Gasteiger partial charge on any atom is 0.391 e. The Balaban J connectivity index is 1.81. The van der Waals surface area contributed by atoms with Crippen molar-refractivity contribution in [3.63, 3.8) is 0 Å². The van der Waals surface area contributed by atoms with Gasteiger partial charge in [-0.25, -0.2) is 4.79 Å². The van der Waals surface area contributed by atoms with Gasteiger partial charge in [-0.3, -0.25) is 4.79 Å². The van der Waals surface area contributed by atoms with Crippen LogP contribution in [-0.4, -0.2) is 29.7 Å². The Morgan fingerprint density at radius 3 is 2.05 bits per heavy atom. The fourth-order valence-corrected chi connectivity index (χ4v) is 2.66. The van der Waals surface area contributed by atoms with Crippen LogP contribution in [0.3, 0.4) is 0 Å². The van der Waals surface area contributed by atoms with Crippen LogP contribution in [0.4, 0.5) is 18.0 Å². The molecule has 2 saturated carbocycles. The number of primary amides is 1. The Kier molecular flexibility index (Phi) is 3.84. The van der Waals surface area contributed by atoms with Crippen molar-refractivity contribution in [2.75, 3.05) is 0 Å². The highest BCUT2D eigenvalue weighted by atomic mass is 19.4. The van der Waals surface area contributed by atoms with Crippen LogP contribution in [-0.2, 0) is 4.79 Å². The van der Waals surface area contributed by atoms with Crippen molar-refractivity contribution in [1.29, 1.82) is 0 Å². The smallest absolute Gasteiger partial charge is 0.352 e. The maximum absolute atomic E-state index is 12.5. The van der Waals surface area contributed by atoms with Gasteiger partial charge >= 0.3 is 12.2 Å². The highest BCUT2D eigenvalue weighted by Crippen LogP contribution is 2.39. The molecular weight excluding hydrogens is 275 g/mol. The summed E-state index contributed by atoms with van der Waals surface area (Å²) in [7, 11) is 0. The lowest BCUT2D eigenvalue weighted by atomic mass is 9.85. The summed E-state index contributed by atoms with van der Waals surface area (Å²) in [4.78, 5) is 22.8. The summed E-state index contributed by atoms with van der Waals surface area (Å²) in [6.07, 6.45) is -2.44. The van der Waals surface area contributed by atoms with Gasteiger partial charge < -0.3 is 16.4 Å². The number of hydrogen-bond donors (Lipinski definition) is 3. The third kappa shape index (κ3) is 3.34. The molecule has 0 saturated heterocycles. The molecule has 4 N–H and O–H groups in total. The first-order valence-corrected chi connectivity index (χ1v) is 6.68. The highest BCUT2D eigenvalue weighted by molar-refractivity contribution is 5.93. The number of carbonyl (C=O) groups is 2. The zero-order chi connectivity index (χ0) is 15.0. The van der Waals surface area contributed by atoms with Crippen LogP contribution in [0.2, 0.25) is 0 Å². The van der Waals surface area contributed by atoms with E-state index < -0.39 is 23.7 Å². The highest BCUT2D eigenvalue weighted by Gasteiger charge is 2.51. The van der Waals surface area contributed by atoms with Gasteiger partial charge in [-0.2, -0.15) is 13.2 Å². The number of carbonyl (C=O) groups excluding carboxylic acids is 2. The number of rotatable bonds is 3. The van der Waals surface area contributed by atoms with Crippen LogP contribution < -0.4 is 16.4 Å². The second-order valence-corrected chi connectivity index (χ2v) is 5.63. The second-order valence-electron chi connectivity index (χ2n) is 5.63. The van der Waals surface area contributed by atoms with Crippen molar-refractivity contribution in [2.45, 2.75) is 56.3 Å². The van der Waals surface area contributed by atoms with Gasteiger partial charge in [-0.05, 0) is 38.5 Å². The van der Waals surface area contributed by atoms with Crippen LogP contribution in [0.1, 0.15) is 38.5 Å². The van der Waals surface area contributed by atoms with Gasteiger partial charge in [0.05, 0.1) is 5.92 Å². The molecule has 8 heteroatoms. The van der Waals surface area contributed by atoms with Crippen molar-refractivity contribution in [3.05, 3.63) is 0 Å². The number of halogens is 3. The van der Waals surface area contributed by atoms with Gasteiger partial charge in [0, 0.05) is 6.04 Å². The van der Waals surface area contributed by atoms with E-state index in [0.717, 1.165) is 0 Å². The molecule has 0 aromatic carbocycles. The lowest BCUT2D eigenvalue weighted by Gasteiger charge is -2.31. The summed E-state index contributed by atoms with van der Waals surface area (Å²) in [5, 5.41) is 5.12. The van der Waals surface area contributed by atoms with Crippen molar-refractivity contribution in [2.24, 2.45) is 11.7 Å². The van der Waals surface area contributed by atoms with Gasteiger partial charge in [0.25, 0.3) is 0 Å². The lowest BCUT2D eigenvalue weighted by molar-refractivity contribution is -0.182. The molecule has 114 valence electrons. The number of hydrogen-bond acceptors (Lipinski definition) is 2. The molecule has 0 aromatic rings. The summed E-state index contributed by atoms with van der Waals surface area (Å²) < 4.78 is 37.6. The Hall–Kier alpha value is -1.47. The third-order valence-corrected chi connectivity index (χ3v) is 4.07. The van der Waals surface area contributed by atoms with E-state index in [0.29, 0.717) is 25.7 Å². The molecule has 0 spiro atoms. The predicted octanol–water partition coefficient (Wildman–Crippen LogP) is 1.42. The van der Waals surface area contributed by atoms with Crippen LogP contribution in [0, 0.1) is 5.92 Å². The van der Waals surface area contributed by atoms with Crippen LogP contribution in [0.25, 0.3) is 0 Å². The van der Waals surface area contributed by atoms with Crippen LogP contribution >= 0.6 is 0 Å². The zero-order valence-electron chi connectivity index (χ0n) is 10.9. The first-order chi connectivity index (χ1) is 9.23. The minimum Gasteiger partial charge on any atom is -0.352 e. The molecule has 0 radical (unpaired) electrons. The normalized spacial score (nSPS) is 28.6. The summed E-state index contributed by atoms with van der Waals surface area (Å²) in [6, 6.07) is -1.02. The topological polar surface area (TPSA) is 84.2 Å². The molecule has 20 heavy (non-hydrogen) atoms. The molecular formula is C12H18F3N3O2. The molecule has 3 amide bonds. The van der Waals surface area contributed by atoms with E-state index in [-0.39, 0.29) is 24.8 Å². The fraction of sp³-hybridized carbons (Fsp3) is 0.833. The number of amides is 3. The SMILES string of the molecule is NC(=O)NC1(C(=O)NC2CCC(C(F)(F)F)CC2)CC1. The number of nitrogens with one attached hydrogen (secondary N) is 2. The number of alkyl halides is 3. The van der Waals surface area contributed by atoms with E-state index in [1.807, 2.05) is 0 Å².